The van der Waals surface area contributed by atoms with Gasteiger partial charge in [0.25, 0.3) is 0 Å². The van der Waals surface area contributed by atoms with Gasteiger partial charge in [-0.3, -0.25) is 0 Å². The van der Waals surface area contributed by atoms with E-state index in [1.165, 1.54) is 0 Å². The van der Waals surface area contributed by atoms with Gasteiger partial charge < -0.3 is 10.5 Å². The molecule has 0 bridgehead atoms. The number of thioether (sulfide) groups is 1. The highest BCUT2D eigenvalue weighted by atomic mass is 32.2. The third-order valence-corrected chi connectivity index (χ3v) is 2.08. The lowest BCUT2D eigenvalue weighted by molar-refractivity contribution is 0.397. The maximum atomic E-state index is 5.67. The summed E-state index contributed by atoms with van der Waals surface area (Å²) in [6.45, 7) is 0. The molecular formula is C7H10N2OS. The molecule has 0 fully saturated rings. The molecule has 1 aromatic heterocycles. The number of aromatic nitrogens is 1. The minimum atomic E-state index is 0.556. The number of ether oxygens (including phenoxy) is 1. The van der Waals surface area contributed by atoms with Gasteiger partial charge in [0.15, 0.2) is 0 Å². The summed E-state index contributed by atoms with van der Waals surface area (Å²) >= 11 is 1.57. The number of rotatable bonds is 2. The zero-order valence-electron chi connectivity index (χ0n) is 6.50. The van der Waals surface area contributed by atoms with Gasteiger partial charge in [-0.25, -0.2) is 4.98 Å². The molecule has 1 heterocycles. The first kappa shape index (κ1) is 8.20. The molecule has 60 valence electrons. The van der Waals surface area contributed by atoms with Crippen LogP contribution in [0.25, 0.3) is 0 Å². The Balaban J connectivity index is 2.99. The molecular weight excluding hydrogens is 160 g/mol. The van der Waals surface area contributed by atoms with Crippen LogP contribution < -0.4 is 10.5 Å². The third kappa shape index (κ3) is 1.77. The molecule has 1 aromatic rings. The number of nitrogens with zero attached hydrogens (tertiary/aromatic N) is 1. The van der Waals surface area contributed by atoms with E-state index in [9.17, 15) is 0 Å². The Labute approximate surface area is 70.0 Å². The second-order valence-electron chi connectivity index (χ2n) is 1.97. The van der Waals surface area contributed by atoms with Crippen LogP contribution in [0.4, 0.5) is 5.69 Å². The Morgan fingerprint density at radius 2 is 2.36 bits per heavy atom. The predicted octanol–water partition coefficient (Wildman–Crippen LogP) is 1.39. The van der Waals surface area contributed by atoms with Crippen LogP contribution >= 0.6 is 11.8 Å². The van der Waals surface area contributed by atoms with Crippen LogP contribution in [-0.4, -0.2) is 18.3 Å². The van der Waals surface area contributed by atoms with Gasteiger partial charge in [0, 0.05) is 17.2 Å². The first-order chi connectivity index (χ1) is 5.27. The second-order valence-corrected chi connectivity index (χ2v) is 2.82. The molecule has 3 nitrogen and oxygen atoms in total. The minimum absolute atomic E-state index is 0.556. The highest BCUT2D eigenvalue weighted by Crippen LogP contribution is 2.23. The highest BCUT2D eigenvalue weighted by Gasteiger charge is 1.99. The van der Waals surface area contributed by atoms with E-state index in [4.69, 9.17) is 10.5 Å². The average molecular weight is 170 g/mol. The summed E-state index contributed by atoms with van der Waals surface area (Å²) in [6.07, 6.45) is 3.67. The Hall–Kier alpha value is -0.900. The van der Waals surface area contributed by atoms with Gasteiger partial charge in [-0.1, -0.05) is 0 Å². The Morgan fingerprint density at radius 1 is 1.64 bits per heavy atom. The van der Waals surface area contributed by atoms with Crippen molar-refractivity contribution in [3.05, 3.63) is 12.3 Å². The van der Waals surface area contributed by atoms with Crippen LogP contribution in [0.2, 0.25) is 0 Å². The molecule has 0 aromatic carbocycles. The van der Waals surface area contributed by atoms with Gasteiger partial charge in [0.2, 0.25) is 5.88 Å². The molecule has 0 spiro atoms. The summed E-state index contributed by atoms with van der Waals surface area (Å²) < 4.78 is 4.89. The monoisotopic (exact) mass is 170 g/mol. The summed E-state index contributed by atoms with van der Waals surface area (Å²) in [4.78, 5) is 4.98. The molecule has 11 heavy (non-hydrogen) atoms. The maximum absolute atomic E-state index is 5.67. The quantitative estimate of drug-likeness (QED) is 0.681. The van der Waals surface area contributed by atoms with Crippen molar-refractivity contribution >= 4 is 17.4 Å². The predicted molar refractivity (Wildman–Crippen MR) is 47.0 cm³/mol. The fourth-order valence-electron chi connectivity index (χ4n) is 0.720. The maximum Gasteiger partial charge on any atom is 0.215 e. The fraction of sp³-hybridized carbons (Fsp3) is 0.286. The van der Waals surface area contributed by atoms with Crippen molar-refractivity contribution in [3.63, 3.8) is 0 Å². The number of anilines is 1. The first-order valence-electron chi connectivity index (χ1n) is 3.11. The molecule has 0 unspecified atom stereocenters. The smallest absolute Gasteiger partial charge is 0.215 e. The average Bonchev–Trinajstić information content (AvgIpc) is 2.04. The lowest BCUT2D eigenvalue weighted by Gasteiger charge is -2.02. The molecule has 0 aliphatic carbocycles. The Bertz CT molecular complexity index is 252. The van der Waals surface area contributed by atoms with Gasteiger partial charge in [-0.2, -0.15) is 0 Å². The zero-order valence-corrected chi connectivity index (χ0v) is 7.31. The highest BCUT2D eigenvalue weighted by molar-refractivity contribution is 7.98. The van der Waals surface area contributed by atoms with Crippen molar-refractivity contribution in [2.45, 2.75) is 4.90 Å². The number of pyridine rings is 1. The molecule has 4 heteroatoms. The molecule has 2 N–H and O–H groups in total. The van der Waals surface area contributed by atoms with E-state index in [0.29, 0.717) is 11.6 Å². The summed E-state index contributed by atoms with van der Waals surface area (Å²) in [5, 5.41) is 0. The van der Waals surface area contributed by atoms with Crippen molar-refractivity contribution in [1.29, 1.82) is 0 Å². The summed E-state index contributed by atoms with van der Waals surface area (Å²) in [7, 11) is 1.57. The number of hydrogen-bond donors (Lipinski definition) is 1. The number of hydrogen-bond acceptors (Lipinski definition) is 4. The lowest BCUT2D eigenvalue weighted by Crippen LogP contribution is -1.92. The minimum Gasteiger partial charge on any atom is -0.481 e. The SMILES string of the molecule is COc1cc(N)c(SC)cn1. The van der Waals surface area contributed by atoms with Crippen LogP contribution in [-0.2, 0) is 0 Å². The number of methoxy groups -OCH3 is 1. The molecule has 0 aliphatic heterocycles. The van der Waals surface area contributed by atoms with Gasteiger partial charge in [-0.15, -0.1) is 11.8 Å². The Morgan fingerprint density at radius 3 is 2.82 bits per heavy atom. The van der Waals surface area contributed by atoms with Gasteiger partial charge in [0.1, 0.15) is 0 Å². The molecule has 0 radical (unpaired) electrons. The number of nitrogens with two attached hydrogens (primary N) is 1. The zero-order chi connectivity index (χ0) is 8.27. The standard InChI is InChI=1S/C7H10N2OS/c1-10-7-3-5(8)6(11-2)4-9-7/h3-4H,1-2H3,(H2,8,9). The molecule has 1 rings (SSSR count). The topological polar surface area (TPSA) is 48.1 Å². The summed E-state index contributed by atoms with van der Waals surface area (Å²) in [5.74, 6) is 0.556. The molecule has 0 aliphatic rings. The van der Waals surface area contributed by atoms with Crippen LogP contribution in [0, 0.1) is 0 Å². The molecule has 0 atom stereocenters. The van der Waals surface area contributed by atoms with E-state index in [0.717, 1.165) is 4.90 Å². The van der Waals surface area contributed by atoms with Crippen molar-refractivity contribution in [2.24, 2.45) is 0 Å². The van der Waals surface area contributed by atoms with E-state index in [1.807, 2.05) is 6.26 Å². The van der Waals surface area contributed by atoms with Crippen molar-refractivity contribution < 1.29 is 4.74 Å². The van der Waals surface area contributed by atoms with Crippen molar-refractivity contribution in [1.82, 2.24) is 4.98 Å². The van der Waals surface area contributed by atoms with Crippen LogP contribution in [0.1, 0.15) is 0 Å². The summed E-state index contributed by atoms with van der Waals surface area (Å²) in [6, 6.07) is 1.71. The third-order valence-electron chi connectivity index (χ3n) is 1.30. The van der Waals surface area contributed by atoms with E-state index in [1.54, 1.807) is 31.1 Å². The second kappa shape index (κ2) is 3.48. The Kier molecular flexibility index (Phi) is 2.59. The van der Waals surface area contributed by atoms with Crippen molar-refractivity contribution in [2.75, 3.05) is 19.1 Å². The molecule has 0 amide bonds. The van der Waals surface area contributed by atoms with Crippen LogP contribution in [0.15, 0.2) is 17.2 Å². The molecule has 0 saturated carbocycles. The van der Waals surface area contributed by atoms with Gasteiger partial charge in [-0.05, 0) is 6.26 Å². The van der Waals surface area contributed by atoms with E-state index in [-0.39, 0.29) is 0 Å². The fourth-order valence-corrected chi connectivity index (χ4v) is 1.17. The first-order valence-corrected chi connectivity index (χ1v) is 4.34. The van der Waals surface area contributed by atoms with Crippen molar-refractivity contribution in [3.8, 4) is 5.88 Å². The van der Waals surface area contributed by atoms with Crippen LogP contribution in [0.3, 0.4) is 0 Å². The summed E-state index contributed by atoms with van der Waals surface area (Å²) in [5.41, 5.74) is 6.38. The van der Waals surface area contributed by atoms with E-state index >= 15 is 0 Å². The van der Waals surface area contributed by atoms with E-state index in [2.05, 4.69) is 4.98 Å². The van der Waals surface area contributed by atoms with E-state index < -0.39 is 0 Å². The van der Waals surface area contributed by atoms with Gasteiger partial charge in [0.05, 0.1) is 12.8 Å². The van der Waals surface area contributed by atoms with Crippen LogP contribution in [0.5, 0.6) is 5.88 Å². The number of nitrogen functional groups attached to an aromatic ring is 1. The largest absolute Gasteiger partial charge is 0.481 e. The lowest BCUT2D eigenvalue weighted by atomic mass is 10.4. The normalized spacial score (nSPS) is 9.64. The van der Waals surface area contributed by atoms with Gasteiger partial charge >= 0.3 is 0 Å². The molecule has 0 saturated heterocycles.